The van der Waals surface area contributed by atoms with Crippen LogP contribution in [0.25, 0.3) is 21.2 Å². The lowest BCUT2D eigenvalue weighted by atomic mass is 9.96. The Labute approximate surface area is 233 Å². The van der Waals surface area contributed by atoms with Gasteiger partial charge < -0.3 is 19.7 Å². The van der Waals surface area contributed by atoms with E-state index in [1.807, 2.05) is 30.3 Å². The van der Waals surface area contributed by atoms with Crippen LogP contribution in [0.15, 0.2) is 66.0 Å². The Morgan fingerprint density at radius 2 is 1.79 bits per heavy atom. The molecule has 2 N–H and O–H groups in total. The monoisotopic (exact) mass is 540 g/mol. The van der Waals surface area contributed by atoms with Gasteiger partial charge in [0, 0.05) is 22.1 Å². The second-order valence-electron chi connectivity index (χ2n) is 10.2. The van der Waals surface area contributed by atoms with Gasteiger partial charge in [0.25, 0.3) is 0 Å². The van der Waals surface area contributed by atoms with Crippen LogP contribution in [0.2, 0.25) is 0 Å². The zero-order valence-electron chi connectivity index (χ0n) is 22.2. The summed E-state index contributed by atoms with van der Waals surface area (Å²) in [6.07, 6.45) is 2.41. The summed E-state index contributed by atoms with van der Waals surface area (Å²) < 4.78 is 13.2. The molecular formula is C33H32O5S. The fourth-order valence-corrected chi connectivity index (χ4v) is 5.66. The third kappa shape index (κ3) is 6.62. The smallest absolute Gasteiger partial charge is 0.304 e. The second kappa shape index (κ2) is 11.5. The first-order chi connectivity index (χ1) is 18.8. The predicted molar refractivity (Wildman–Crippen MR) is 156 cm³/mol. The first-order valence-electron chi connectivity index (χ1n) is 13.2. The molecule has 1 atom stereocenters. The van der Waals surface area contributed by atoms with Crippen molar-refractivity contribution in [2.45, 2.75) is 57.7 Å². The van der Waals surface area contributed by atoms with Crippen LogP contribution in [-0.4, -0.2) is 28.4 Å². The van der Waals surface area contributed by atoms with Crippen molar-refractivity contribution in [1.82, 2.24) is 0 Å². The summed E-state index contributed by atoms with van der Waals surface area (Å²) in [5, 5.41) is 22.6. The molecule has 0 amide bonds. The van der Waals surface area contributed by atoms with Crippen LogP contribution in [-0.2, 0) is 11.4 Å². The molecule has 0 spiro atoms. The van der Waals surface area contributed by atoms with Crippen molar-refractivity contribution in [1.29, 1.82) is 0 Å². The van der Waals surface area contributed by atoms with Crippen LogP contribution in [0.5, 0.6) is 11.5 Å². The molecule has 4 aromatic rings. The highest BCUT2D eigenvalue weighted by Gasteiger charge is 2.39. The molecule has 0 saturated heterocycles. The minimum Gasteiger partial charge on any atom is -0.493 e. The number of aryl methyl sites for hydroxylation is 1. The van der Waals surface area contributed by atoms with Gasteiger partial charge in [-0.15, -0.1) is 17.3 Å². The minimum absolute atomic E-state index is 0.0242. The highest BCUT2D eigenvalue weighted by atomic mass is 32.1. The molecule has 200 valence electrons. The Kier molecular flexibility index (Phi) is 7.92. The number of carbonyl (C=O) groups is 1. The predicted octanol–water partition coefficient (Wildman–Crippen LogP) is 7.33. The molecule has 5 rings (SSSR count). The van der Waals surface area contributed by atoms with E-state index in [1.165, 1.54) is 21.2 Å². The molecule has 0 bridgehead atoms. The fraction of sp³-hybridized carbons (Fsp3) is 0.303. The van der Waals surface area contributed by atoms with Gasteiger partial charge in [0.05, 0.1) is 24.5 Å². The van der Waals surface area contributed by atoms with Crippen LogP contribution >= 0.6 is 11.3 Å². The largest absolute Gasteiger partial charge is 0.493 e. The number of ether oxygens (including phenoxy) is 2. The number of hydrogen-bond donors (Lipinski definition) is 2. The average molecular weight is 541 g/mol. The van der Waals surface area contributed by atoms with Gasteiger partial charge >= 0.3 is 5.97 Å². The number of aliphatic carboxylic acids is 1. The number of rotatable bonds is 11. The summed E-state index contributed by atoms with van der Waals surface area (Å²) in [4.78, 5) is 11.2. The summed E-state index contributed by atoms with van der Waals surface area (Å²) in [7, 11) is 0. The van der Waals surface area contributed by atoms with Gasteiger partial charge in [0.1, 0.15) is 18.1 Å². The summed E-state index contributed by atoms with van der Waals surface area (Å²) in [6.45, 7) is 4.77. The lowest BCUT2D eigenvalue weighted by Crippen LogP contribution is -2.12. The van der Waals surface area contributed by atoms with E-state index >= 15 is 0 Å². The van der Waals surface area contributed by atoms with E-state index < -0.39 is 11.6 Å². The maximum absolute atomic E-state index is 11.2. The number of benzene rings is 3. The highest BCUT2D eigenvalue weighted by molar-refractivity contribution is 7.17. The Bertz CT molecular complexity index is 1540. The molecule has 5 nitrogen and oxygen atoms in total. The van der Waals surface area contributed by atoms with E-state index in [9.17, 15) is 9.90 Å². The van der Waals surface area contributed by atoms with E-state index in [4.69, 9.17) is 14.6 Å². The number of aliphatic hydroxyl groups is 1. The molecule has 1 heterocycles. The molecule has 0 radical (unpaired) electrons. The Morgan fingerprint density at radius 3 is 2.49 bits per heavy atom. The van der Waals surface area contributed by atoms with Crippen molar-refractivity contribution >= 4 is 27.4 Å². The molecule has 3 aromatic carbocycles. The van der Waals surface area contributed by atoms with Gasteiger partial charge in [-0.1, -0.05) is 30.2 Å². The Balaban J connectivity index is 1.27. The van der Waals surface area contributed by atoms with Crippen molar-refractivity contribution in [3.63, 3.8) is 0 Å². The highest BCUT2D eigenvalue weighted by Crippen LogP contribution is 2.39. The third-order valence-corrected chi connectivity index (χ3v) is 8.14. The van der Waals surface area contributed by atoms with Crippen molar-refractivity contribution in [2.75, 3.05) is 6.61 Å². The lowest BCUT2D eigenvalue weighted by molar-refractivity contribution is -0.137. The first kappa shape index (κ1) is 26.8. The maximum atomic E-state index is 11.2. The molecule has 1 aliphatic carbocycles. The molecular weight excluding hydrogens is 508 g/mol. The molecule has 1 aliphatic rings. The van der Waals surface area contributed by atoms with Crippen molar-refractivity contribution < 1.29 is 24.5 Å². The number of carboxylic acids is 1. The number of fused-ring (bicyclic) bond motifs is 1. The summed E-state index contributed by atoms with van der Waals surface area (Å²) in [5.41, 5.74) is 4.96. The van der Waals surface area contributed by atoms with E-state index in [2.05, 4.69) is 54.5 Å². The summed E-state index contributed by atoms with van der Waals surface area (Å²) >= 11 is 1.73. The zero-order chi connectivity index (χ0) is 27.4. The molecule has 1 aromatic heterocycles. The Hall–Kier alpha value is -3.79. The Morgan fingerprint density at radius 1 is 1.03 bits per heavy atom. The summed E-state index contributed by atoms with van der Waals surface area (Å²) in [6, 6.07) is 20.1. The second-order valence-corrected chi connectivity index (χ2v) is 11.1. The number of thiophene rings is 1. The molecule has 0 aliphatic heterocycles. The molecule has 1 fully saturated rings. The topological polar surface area (TPSA) is 76.0 Å². The van der Waals surface area contributed by atoms with Gasteiger partial charge in [0.2, 0.25) is 0 Å². The SMILES string of the molecule is CC#C[C@@H](CC(=O)O)c1ccc(OCc2ccc3scc(-c4ccc(OCCC5(O)CC5)cc4C)c3c2)cc1. The zero-order valence-corrected chi connectivity index (χ0v) is 23.0. The maximum Gasteiger partial charge on any atom is 0.304 e. The lowest BCUT2D eigenvalue weighted by Gasteiger charge is -2.12. The molecule has 6 heteroatoms. The average Bonchev–Trinajstić information content (AvgIpc) is 3.51. The van der Waals surface area contributed by atoms with Crippen molar-refractivity contribution in [3.05, 3.63) is 82.7 Å². The molecule has 39 heavy (non-hydrogen) atoms. The molecule has 0 unspecified atom stereocenters. The van der Waals surface area contributed by atoms with E-state index in [1.54, 1.807) is 18.3 Å². The van der Waals surface area contributed by atoms with Gasteiger partial charge in [-0.05, 0) is 90.7 Å². The quantitative estimate of drug-likeness (QED) is 0.195. The van der Waals surface area contributed by atoms with Crippen LogP contribution in [0.1, 0.15) is 55.2 Å². The van der Waals surface area contributed by atoms with Gasteiger partial charge in [-0.2, -0.15) is 0 Å². The first-order valence-corrected chi connectivity index (χ1v) is 14.0. The van der Waals surface area contributed by atoms with Gasteiger partial charge in [-0.3, -0.25) is 4.79 Å². The third-order valence-electron chi connectivity index (χ3n) is 7.17. The van der Waals surface area contributed by atoms with Crippen LogP contribution in [0, 0.1) is 18.8 Å². The van der Waals surface area contributed by atoms with Crippen LogP contribution in [0.4, 0.5) is 0 Å². The van der Waals surface area contributed by atoms with Crippen molar-refractivity contribution in [3.8, 4) is 34.5 Å². The van der Waals surface area contributed by atoms with Crippen LogP contribution < -0.4 is 9.47 Å². The van der Waals surface area contributed by atoms with E-state index in [0.29, 0.717) is 19.6 Å². The number of carboxylic acid groups (broad SMARTS) is 1. The minimum atomic E-state index is -0.866. The standard InChI is InChI=1S/C33H32O5S/c1-3-4-25(19-32(34)35)24-6-8-26(9-7-24)38-20-23-5-12-31-29(18-23)30(21-39-31)28-11-10-27(17-22(28)2)37-16-15-33(36)13-14-33/h5-12,17-18,21,25,36H,13-16,19-20H2,1-2H3,(H,34,35)/t25-/m0/s1. The van der Waals surface area contributed by atoms with E-state index in [0.717, 1.165) is 41.0 Å². The van der Waals surface area contributed by atoms with Gasteiger partial charge in [0.15, 0.2) is 0 Å². The summed E-state index contributed by atoms with van der Waals surface area (Å²) in [5.74, 6) is 6.16. The van der Waals surface area contributed by atoms with Gasteiger partial charge in [-0.25, -0.2) is 0 Å². The van der Waals surface area contributed by atoms with Crippen molar-refractivity contribution in [2.24, 2.45) is 0 Å². The fourth-order valence-electron chi connectivity index (χ4n) is 4.72. The van der Waals surface area contributed by atoms with E-state index in [-0.39, 0.29) is 12.3 Å². The van der Waals surface area contributed by atoms with Crippen LogP contribution in [0.3, 0.4) is 0 Å². The normalized spacial score (nSPS) is 14.3. The number of hydrogen-bond acceptors (Lipinski definition) is 5. The molecule has 1 saturated carbocycles.